The summed E-state index contributed by atoms with van der Waals surface area (Å²) in [5.41, 5.74) is 4.70. The summed E-state index contributed by atoms with van der Waals surface area (Å²) in [7, 11) is 0. The molecule has 1 atom stereocenters. The van der Waals surface area contributed by atoms with Crippen molar-refractivity contribution in [2.24, 2.45) is 0 Å². The van der Waals surface area contributed by atoms with E-state index >= 15 is 0 Å². The topological polar surface area (TPSA) is 0 Å². The number of benzene rings is 4. The SMILES string of the molecule is CCCC1=CC(c2cccc3c2[cH-]c2ccccc23)C=C1.ClC(Cl)(c1ccccc1)c1ccccc1.[Zr]. The van der Waals surface area contributed by atoms with Crippen molar-refractivity contribution in [1.29, 1.82) is 0 Å². The Hall–Kier alpha value is -2.31. The molecule has 0 saturated heterocycles. The molecule has 1 aliphatic carbocycles. The molecular weight excluding hydrogens is 571 g/mol. The number of hydrogen-bond acceptors (Lipinski definition) is 0. The smallest absolute Gasteiger partial charge is 0.126 e. The molecule has 0 radical (unpaired) electrons. The van der Waals surface area contributed by atoms with Gasteiger partial charge in [-0.25, -0.2) is 0 Å². The molecule has 1 unspecified atom stereocenters. The molecular formula is C34H29Cl2Zr-. The number of rotatable bonds is 5. The summed E-state index contributed by atoms with van der Waals surface area (Å²) in [6.45, 7) is 2.24. The Labute approximate surface area is 249 Å². The monoisotopic (exact) mass is 597 g/mol. The molecule has 5 aromatic rings. The van der Waals surface area contributed by atoms with E-state index in [1.165, 1.54) is 45.5 Å². The fourth-order valence-electron chi connectivity index (χ4n) is 4.97. The predicted octanol–water partition coefficient (Wildman–Crippen LogP) is 10.5. The second kappa shape index (κ2) is 12.5. The van der Waals surface area contributed by atoms with Crippen molar-refractivity contribution in [3.05, 3.63) is 150 Å². The number of alkyl halides is 2. The summed E-state index contributed by atoms with van der Waals surface area (Å²) in [6, 6.07) is 37.0. The second-order valence-electron chi connectivity index (χ2n) is 9.22. The fourth-order valence-corrected chi connectivity index (χ4v) is 5.48. The fraction of sp³-hybridized carbons (Fsp3) is 0.147. The summed E-state index contributed by atoms with van der Waals surface area (Å²) in [5, 5.41) is 5.50. The molecule has 37 heavy (non-hydrogen) atoms. The van der Waals surface area contributed by atoms with E-state index < -0.39 is 4.33 Å². The standard InChI is InChI=1S/C21H19.C13H10Cl2.Zr/c1-2-6-15-11-12-17(13-15)19-9-5-10-20-18-8-4-3-7-16(18)14-21(19)20;14-13(15,11-7-3-1-4-8-11)12-9-5-2-6-10-12;/h3-5,7-14,17H,2,6H2,1H3;1-10H;/q-1;;. The summed E-state index contributed by atoms with van der Waals surface area (Å²) >= 11 is 12.7. The van der Waals surface area contributed by atoms with E-state index in [1.54, 1.807) is 0 Å². The summed E-state index contributed by atoms with van der Waals surface area (Å²) < 4.78 is -0.970. The van der Waals surface area contributed by atoms with Crippen molar-refractivity contribution in [2.45, 2.75) is 30.0 Å². The molecule has 0 aliphatic heterocycles. The number of halogens is 2. The van der Waals surface area contributed by atoms with Gasteiger partial charge in [0, 0.05) is 26.2 Å². The molecule has 6 rings (SSSR count). The van der Waals surface area contributed by atoms with E-state index in [4.69, 9.17) is 23.2 Å². The Morgan fingerprint density at radius 1 is 0.730 bits per heavy atom. The van der Waals surface area contributed by atoms with E-state index in [1.807, 2.05) is 60.7 Å². The molecule has 3 heteroatoms. The Bertz CT molecular complexity index is 1470. The Morgan fingerprint density at radius 3 is 1.97 bits per heavy atom. The van der Waals surface area contributed by atoms with Gasteiger partial charge in [-0.3, -0.25) is 0 Å². The van der Waals surface area contributed by atoms with Crippen LogP contribution in [-0.2, 0) is 30.5 Å². The number of hydrogen-bond donors (Lipinski definition) is 0. The molecule has 5 aromatic carbocycles. The Balaban J connectivity index is 0.000000178. The maximum Gasteiger partial charge on any atom is 0.168 e. The van der Waals surface area contributed by atoms with Crippen LogP contribution in [0.1, 0.15) is 42.4 Å². The Kier molecular flexibility index (Phi) is 9.36. The van der Waals surface area contributed by atoms with Crippen LogP contribution < -0.4 is 0 Å². The van der Waals surface area contributed by atoms with Crippen molar-refractivity contribution >= 4 is 44.7 Å². The van der Waals surface area contributed by atoms with Gasteiger partial charge >= 0.3 is 0 Å². The van der Waals surface area contributed by atoms with Gasteiger partial charge in [0.05, 0.1) is 0 Å². The maximum absolute atomic E-state index is 6.35. The molecule has 184 valence electrons. The first-order valence-electron chi connectivity index (χ1n) is 12.5. The van der Waals surface area contributed by atoms with Crippen molar-refractivity contribution in [3.63, 3.8) is 0 Å². The van der Waals surface area contributed by atoms with Gasteiger partial charge in [0.25, 0.3) is 0 Å². The summed E-state index contributed by atoms with van der Waals surface area (Å²) in [6.07, 6.45) is 9.47. The zero-order chi connectivity index (χ0) is 25.0. The molecule has 1 aliphatic rings. The summed E-state index contributed by atoms with van der Waals surface area (Å²) in [4.78, 5) is 0. The van der Waals surface area contributed by atoms with Crippen LogP contribution in [0.4, 0.5) is 0 Å². The molecule has 0 saturated carbocycles. The van der Waals surface area contributed by atoms with Crippen LogP contribution in [0, 0.1) is 0 Å². The Morgan fingerprint density at radius 2 is 1.32 bits per heavy atom. The van der Waals surface area contributed by atoms with E-state index in [0.29, 0.717) is 5.92 Å². The van der Waals surface area contributed by atoms with Gasteiger partial charge in [0.15, 0.2) is 4.33 Å². The van der Waals surface area contributed by atoms with Crippen LogP contribution in [0.5, 0.6) is 0 Å². The van der Waals surface area contributed by atoms with Crippen LogP contribution in [0.25, 0.3) is 21.5 Å². The van der Waals surface area contributed by atoms with E-state index in [0.717, 1.165) is 11.1 Å². The average Bonchev–Trinajstić information content (AvgIpc) is 3.55. The first-order chi connectivity index (χ1) is 17.6. The van der Waals surface area contributed by atoms with Crippen LogP contribution in [0.15, 0.2) is 133 Å². The summed E-state index contributed by atoms with van der Waals surface area (Å²) in [5.74, 6) is 0.437. The minimum absolute atomic E-state index is 0. The van der Waals surface area contributed by atoms with Crippen molar-refractivity contribution in [3.8, 4) is 0 Å². The van der Waals surface area contributed by atoms with Crippen LogP contribution in [0.3, 0.4) is 0 Å². The normalized spacial score (nSPS) is 14.7. The van der Waals surface area contributed by atoms with Gasteiger partial charge in [-0.05, 0) is 23.5 Å². The average molecular weight is 600 g/mol. The molecule has 0 N–H and O–H groups in total. The first kappa shape index (κ1) is 27.7. The largest absolute Gasteiger partial charge is 0.168 e. The van der Waals surface area contributed by atoms with Gasteiger partial charge in [-0.2, -0.15) is 0 Å². The number of allylic oxidation sites excluding steroid dienone is 4. The third kappa shape index (κ3) is 6.07. The molecule has 0 amide bonds. The van der Waals surface area contributed by atoms with Gasteiger partial charge in [0.1, 0.15) is 0 Å². The quantitative estimate of drug-likeness (QED) is 0.139. The number of fused-ring (bicyclic) bond motifs is 3. The van der Waals surface area contributed by atoms with Crippen LogP contribution in [0.2, 0.25) is 0 Å². The third-order valence-corrected chi connectivity index (χ3v) is 7.65. The van der Waals surface area contributed by atoms with E-state index in [-0.39, 0.29) is 26.2 Å². The third-order valence-electron chi connectivity index (χ3n) is 6.77. The minimum Gasteiger partial charge on any atom is -0.126 e. The molecule has 0 aromatic heterocycles. The van der Waals surface area contributed by atoms with Gasteiger partial charge in [-0.1, -0.05) is 163 Å². The predicted molar refractivity (Wildman–Crippen MR) is 157 cm³/mol. The minimum atomic E-state index is -0.970. The second-order valence-corrected chi connectivity index (χ2v) is 10.6. The molecule has 0 nitrogen and oxygen atoms in total. The van der Waals surface area contributed by atoms with Crippen molar-refractivity contribution < 1.29 is 26.2 Å². The zero-order valence-electron chi connectivity index (χ0n) is 20.9. The van der Waals surface area contributed by atoms with Crippen LogP contribution in [-0.4, -0.2) is 0 Å². The molecule has 0 spiro atoms. The maximum atomic E-state index is 6.35. The van der Waals surface area contributed by atoms with Gasteiger partial charge in [0.2, 0.25) is 0 Å². The molecule has 0 fully saturated rings. The van der Waals surface area contributed by atoms with Crippen molar-refractivity contribution in [1.82, 2.24) is 0 Å². The van der Waals surface area contributed by atoms with Gasteiger partial charge in [-0.15, -0.1) is 33.7 Å². The molecule has 0 heterocycles. The van der Waals surface area contributed by atoms with E-state index in [9.17, 15) is 0 Å². The van der Waals surface area contributed by atoms with Crippen LogP contribution >= 0.6 is 23.2 Å². The van der Waals surface area contributed by atoms with E-state index in [2.05, 4.69) is 73.7 Å². The first-order valence-corrected chi connectivity index (χ1v) is 13.3. The molecule has 0 bridgehead atoms. The van der Waals surface area contributed by atoms with Gasteiger partial charge < -0.3 is 0 Å². The zero-order valence-corrected chi connectivity index (χ0v) is 24.8. The van der Waals surface area contributed by atoms with Crippen molar-refractivity contribution in [2.75, 3.05) is 0 Å².